The predicted octanol–water partition coefficient (Wildman–Crippen LogP) is 8.35. The van der Waals surface area contributed by atoms with Crippen molar-refractivity contribution in [2.24, 2.45) is 5.92 Å². The summed E-state index contributed by atoms with van der Waals surface area (Å²) in [7, 11) is 0. The highest BCUT2D eigenvalue weighted by atomic mass is 35.5. The summed E-state index contributed by atoms with van der Waals surface area (Å²) in [5, 5.41) is -0.322. The van der Waals surface area contributed by atoms with Crippen molar-refractivity contribution < 1.29 is 23.8 Å². The third kappa shape index (κ3) is 8.51. The van der Waals surface area contributed by atoms with Gasteiger partial charge < -0.3 is 14.2 Å². The minimum absolute atomic E-state index is 0.0171. The van der Waals surface area contributed by atoms with Gasteiger partial charge in [-0.3, -0.25) is 4.79 Å². The van der Waals surface area contributed by atoms with Crippen LogP contribution < -0.4 is 14.2 Å². The molecule has 3 aromatic rings. The lowest BCUT2D eigenvalue weighted by atomic mass is 10.1. The number of benzene rings is 3. The number of alkyl halides is 1. The molecule has 0 fully saturated rings. The van der Waals surface area contributed by atoms with Crippen LogP contribution in [0.5, 0.6) is 17.2 Å². The summed E-state index contributed by atoms with van der Waals surface area (Å²) in [6.45, 7) is 6.48. The number of halogens is 2. The molecule has 0 saturated carbocycles. The molecule has 0 aliphatic heterocycles. The van der Waals surface area contributed by atoms with E-state index in [4.69, 9.17) is 37.4 Å². The molecule has 0 aliphatic rings. The molecule has 0 aliphatic carbocycles. The van der Waals surface area contributed by atoms with Gasteiger partial charge in [-0.05, 0) is 65.9 Å². The van der Waals surface area contributed by atoms with E-state index < -0.39 is 17.3 Å². The first-order valence-corrected chi connectivity index (χ1v) is 13.3. The molecule has 1 unspecified atom stereocenters. The van der Waals surface area contributed by atoms with Crippen molar-refractivity contribution in [1.82, 2.24) is 0 Å². The average Bonchev–Trinajstić information content (AvgIpc) is 2.89. The summed E-state index contributed by atoms with van der Waals surface area (Å²) < 4.78 is 16.6. The fourth-order valence-electron chi connectivity index (χ4n) is 3.50. The van der Waals surface area contributed by atoms with Gasteiger partial charge in [-0.2, -0.15) is 0 Å². The maximum Gasteiger partial charge on any atom is 0.343 e. The fraction of sp³-hybridized carbons (Fsp3) is 0.333. The lowest BCUT2D eigenvalue weighted by Gasteiger charge is -2.12. The van der Waals surface area contributed by atoms with Crippen molar-refractivity contribution in [2.45, 2.75) is 51.8 Å². The van der Waals surface area contributed by atoms with Gasteiger partial charge >= 0.3 is 11.9 Å². The number of ether oxygens (including phenoxy) is 3. The van der Waals surface area contributed by atoms with E-state index in [1.54, 1.807) is 42.5 Å². The summed E-state index contributed by atoms with van der Waals surface area (Å²) in [4.78, 5) is 24.6. The molecule has 0 radical (unpaired) electrons. The van der Waals surface area contributed by atoms with Gasteiger partial charge in [-0.1, -0.05) is 75.9 Å². The summed E-state index contributed by atoms with van der Waals surface area (Å²) >= 11 is 12.4. The van der Waals surface area contributed by atoms with E-state index in [1.807, 2.05) is 38.1 Å². The third-order valence-corrected chi connectivity index (χ3v) is 6.68. The van der Waals surface area contributed by atoms with Crippen molar-refractivity contribution in [3.05, 3.63) is 77.3 Å². The van der Waals surface area contributed by atoms with E-state index >= 15 is 0 Å². The Morgan fingerprint density at radius 1 is 0.811 bits per heavy atom. The Hall–Kier alpha value is -3.02. The Morgan fingerprint density at radius 3 is 1.95 bits per heavy atom. The molecule has 0 amide bonds. The normalized spacial score (nSPS) is 11.7. The van der Waals surface area contributed by atoms with Crippen molar-refractivity contribution in [3.63, 3.8) is 0 Å². The molecule has 5 nitrogen and oxygen atoms in total. The van der Waals surface area contributed by atoms with Gasteiger partial charge in [0.15, 0.2) is 0 Å². The molecule has 0 heterocycles. The van der Waals surface area contributed by atoms with E-state index in [0.717, 1.165) is 24.0 Å². The summed E-state index contributed by atoms with van der Waals surface area (Å²) in [5.74, 6) is 0.403. The van der Waals surface area contributed by atoms with Gasteiger partial charge in [0.2, 0.25) is 0 Å². The average molecular weight is 543 g/mol. The van der Waals surface area contributed by atoms with Gasteiger partial charge in [-0.25, -0.2) is 4.79 Å². The molecule has 0 N–H and O–H groups in total. The van der Waals surface area contributed by atoms with E-state index in [9.17, 15) is 9.59 Å². The highest BCUT2D eigenvalue weighted by molar-refractivity contribution is 6.32. The van der Waals surface area contributed by atoms with Crippen LogP contribution in [0, 0.1) is 5.92 Å². The maximum atomic E-state index is 12.6. The fourth-order valence-corrected chi connectivity index (χ4v) is 3.78. The van der Waals surface area contributed by atoms with Crippen LogP contribution in [0.1, 0.15) is 56.8 Å². The number of esters is 2. The molecule has 1 atom stereocenters. The van der Waals surface area contributed by atoms with Gasteiger partial charge in [0.05, 0.1) is 17.2 Å². The second kappa shape index (κ2) is 14.1. The molecule has 3 rings (SSSR count). The van der Waals surface area contributed by atoms with Gasteiger partial charge in [-0.15, -0.1) is 11.6 Å². The number of rotatable bonds is 12. The van der Waals surface area contributed by atoms with Gasteiger partial charge in [0.1, 0.15) is 22.6 Å². The minimum atomic E-state index is -0.697. The first-order chi connectivity index (χ1) is 17.8. The minimum Gasteiger partial charge on any atom is -0.492 e. The zero-order chi connectivity index (χ0) is 26.8. The maximum absolute atomic E-state index is 12.6. The van der Waals surface area contributed by atoms with E-state index in [0.29, 0.717) is 34.4 Å². The Morgan fingerprint density at radius 2 is 1.41 bits per heavy atom. The highest BCUT2D eigenvalue weighted by Gasteiger charge is 2.21. The van der Waals surface area contributed by atoms with E-state index in [2.05, 4.69) is 6.92 Å². The van der Waals surface area contributed by atoms with Crippen LogP contribution in [-0.2, 0) is 4.79 Å². The van der Waals surface area contributed by atoms with Crippen molar-refractivity contribution >= 4 is 35.1 Å². The molecule has 3 aromatic carbocycles. The monoisotopic (exact) mass is 542 g/mol. The van der Waals surface area contributed by atoms with Gasteiger partial charge in [0.25, 0.3) is 0 Å². The van der Waals surface area contributed by atoms with Crippen LogP contribution >= 0.6 is 23.2 Å². The molecule has 0 saturated heterocycles. The number of hydrogen-bond acceptors (Lipinski definition) is 5. The standard InChI is InChI=1S/C30H32Cl2O5/c1-4-5-6-7-18-35-27-17-12-23(19-26(27)31)29(33)36-24-13-8-21(9-14-24)22-10-15-25(16-11-22)37-30(34)28(32)20(2)3/h8-17,19-20,28H,4-7,18H2,1-3H3. The third-order valence-electron chi connectivity index (χ3n) is 5.70. The Balaban J connectivity index is 1.56. The summed E-state index contributed by atoms with van der Waals surface area (Å²) in [6.07, 6.45) is 4.43. The van der Waals surface area contributed by atoms with Crippen molar-refractivity contribution in [3.8, 4) is 28.4 Å². The molecule has 196 valence electrons. The molecule has 7 heteroatoms. The van der Waals surface area contributed by atoms with Crippen LogP contribution in [0.2, 0.25) is 5.02 Å². The Labute approximate surface area is 228 Å². The quantitative estimate of drug-likeness (QED) is 0.0994. The van der Waals surface area contributed by atoms with E-state index in [-0.39, 0.29) is 5.92 Å². The van der Waals surface area contributed by atoms with Crippen molar-refractivity contribution in [1.29, 1.82) is 0 Å². The first-order valence-electron chi connectivity index (χ1n) is 12.5. The molecular weight excluding hydrogens is 511 g/mol. The van der Waals surface area contributed by atoms with Crippen LogP contribution in [0.25, 0.3) is 11.1 Å². The molecular formula is C30H32Cl2O5. The van der Waals surface area contributed by atoms with Crippen LogP contribution in [0.3, 0.4) is 0 Å². The lowest BCUT2D eigenvalue weighted by molar-refractivity contribution is -0.134. The number of hydrogen-bond donors (Lipinski definition) is 0. The first kappa shape index (κ1) is 28.5. The van der Waals surface area contributed by atoms with Crippen molar-refractivity contribution in [2.75, 3.05) is 6.61 Å². The zero-order valence-electron chi connectivity index (χ0n) is 21.3. The number of carbonyl (C=O) groups excluding carboxylic acids is 2. The zero-order valence-corrected chi connectivity index (χ0v) is 22.9. The number of unbranched alkanes of at least 4 members (excludes halogenated alkanes) is 3. The molecule has 0 bridgehead atoms. The van der Waals surface area contributed by atoms with Crippen LogP contribution in [0.15, 0.2) is 66.7 Å². The van der Waals surface area contributed by atoms with Crippen LogP contribution in [-0.4, -0.2) is 23.9 Å². The largest absolute Gasteiger partial charge is 0.492 e. The van der Waals surface area contributed by atoms with E-state index in [1.165, 1.54) is 12.8 Å². The lowest BCUT2D eigenvalue weighted by Crippen LogP contribution is -2.25. The summed E-state index contributed by atoms with van der Waals surface area (Å²) in [6, 6.07) is 19.1. The SMILES string of the molecule is CCCCCCOc1ccc(C(=O)Oc2ccc(-c3ccc(OC(=O)C(Cl)C(C)C)cc3)cc2)cc1Cl. The Bertz CT molecular complexity index is 1170. The van der Waals surface area contributed by atoms with Crippen LogP contribution in [0.4, 0.5) is 0 Å². The smallest absolute Gasteiger partial charge is 0.343 e. The Kier molecular flexibility index (Phi) is 10.8. The second-order valence-corrected chi connectivity index (χ2v) is 9.94. The second-order valence-electron chi connectivity index (χ2n) is 9.06. The number of carbonyl (C=O) groups is 2. The molecule has 37 heavy (non-hydrogen) atoms. The molecule has 0 spiro atoms. The summed E-state index contributed by atoms with van der Waals surface area (Å²) in [5.41, 5.74) is 2.17. The molecule has 0 aromatic heterocycles. The van der Waals surface area contributed by atoms with Gasteiger partial charge in [0, 0.05) is 0 Å². The predicted molar refractivity (Wildman–Crippen MR) is 148 cm³/mol. The highest BCUT2D eigenvalue weighted by Crippen LogP contribution is 2.28. The topological polar surface area (TPSA) is 61.8 Å².